The Kier molecular flexibility index (Phi) is 4.15. The summed E-state index contributed by atoms with van der Waals surface area (Å²) in [6.45, 7) is 0.728. The highest BCUT2D eigenvalue weighted by molar-refractivity contribution is 5.83. The second-order valence-electron chi connectivity index (χ2n) is 5.29. The largest absolute Gasteiger partial charge is 0.333 e. The van der Waals surface area contributed by atoms with Gasteiger partial charge in [-0.15, -0.1) is 0 Å². The normalized spacial score (nSPS) is 34.4. The molecule has 0 aromatic carbocycles. The molecule has 4 heteroatoms. The minimum Gasteiger partial charge on any atom is -0.333 e. The van der Waals surface area contributed by atoms with E-state index in [0.717, 1.165) is 51.4 Å². The highest BCUT2D eigenvalue weighted by Crippen LogP contribution is 2.27. The zero-order valence-corrected chi connectivity index (χ0v) is 10.3. The van der Waals surface area contributed by atoms with Crippen LogP contribution in [0.2, 0.25) is 0 Å². The van der Waals surface area contributed by atoms with Crippen LogP contribution < -0.4 is 5.73 Å². The van der Waals surface area contributed by atoms with Crippen LogP contribution >= 0.6 is 0 Å². The predicted molar refractivity (Wildman–Crippen MR) is 65.3 cm³/mol. The number of nitrogens with two attached hydrogens (primary N) is 1. The molecule has 1 aliphatic carbocycles. The second-order valence-corrected chi connectivity index (χ2v) is 5.29. The van der Waals surface area contributed by atoms with Crippen molar-refractivity contribution in [3.05, 3.63) is 0 Å². The van der Waals surface area contributed by atoms with Gasteiger partial charge in [0.05, 0.1) is 12.0 Å². The average Bonchev–Trinajstić information content (AvgIpc) is 2.71. The number of nitrogens with zero attached hydrogens (tertiary/aromatic N) is 1. The molecule has 1 saturated carbocycles. The Hall–Kier alpha value is -0.900. The summed E-state index contributed by atoms with van der Waals surface area (Å²) in [4.78, 5) is 25.1. The van der Waals surface area contributed by atoms with Gasteiger partial charge in [-0.25, -0.2) is 0 Å². The maximum Gasteiger partial charge on any atom is 0.227 e. The van der Waals surface area contributed by atoms with E-state index < -0.39 is 0 Å². The molecule has 2 fully saturated rings. The first-order chi connectivity index (χ1) is 8.24. The number of carbonyl (C=O) groups is 2. The van der Waals surface area contributed by atoms with Gasteiger partial charge in [-0.05, 0) is 25.7 Å². The smallest absolute Gasteiger partial charge is 0.227 e. The number of likely N-dealkylation sites (tertiary alicyclic amines) is 1. The third-order valence-electron chi connectivity index (χ3n) is 4.13. The molecule has 17 heavy (non-hydrogen) atoms. The van der Waals surface area contributed by atoms with Crippen molar-refractivity contribution in [2.45, 2.75) is 57.0 Å². The molecule has 3 atom stereocenters. The van der Waals surface area contributed by atoms with Crippen LogP contribution in [0, 0.1) is 5.92 Å². The van der Waals surface area contributed by atoms with Crippen molar-refractivity contribution in [1.82, 2.24) is 4.90 Å². The number of hydrogen-bond acceptors (Lipinski definition) is 3. The van der Waals surface area contributed by atoms with E-state index in [4.69, 9.17) is 5.73 Å². The molecule has 0 spiro atoms. The molecule has 2 aliphatic rings. The van der Waals surface area contributed by atoms with Crippen molar-refractivity contribution in [1.29, 1.82) is 0 Å². The van der Waals surface area contributed by atoms with Gasteiger partial charge in [0.15, 0.2) is 0 Å². The minimum atomic E-state index is -0.196. The van der Waals surface area contributed by atoms with E-state index in [2.05, 4.69) is 0 Å². The molecule has 0 aromatic heterocycles. The van der Waals surface area contributed by atoms with E-state index in [9.17, 15) is 9.59 Å². The van der Waals surface area contributed by atoms with E-state index in [-0.39, 0.29) is 23.9 Å². The molecule has 0 bridgehead atoms. The summed E-state index contributed by atoms with van der Waals surface area (Å²) >= 11 is 0. The molecule has 4 nitrogen and oxygen atoms in total. The summed E-state index contributed by atoms with van der Waals surface area (Å²) in [6, 6.07) is -0.212. The van der Waals surface area contributed by atoms with Crippen molar-refractivity contribution >= 4 is 12.2 Å². The SMILES string of the molecule is NC1CCCCCC1C(=O)N1CCCC1C=O. The maximum atomic E-state index is 12.4. The van der Waals surface area contributed by atoms with Gasteiger partial charge in [-0.3, -0.25) is 4.79 Å². The van der Waals surface area contributed by atoms with Crippen molar-refractivity contribution in [2.75, 3.05) is 6.54 Å². The summed E-state index contributed by atoms with van der Waals surface area (Å²) < 4.78 is 0. The van der Waals surface area contributed by atoms with Crippen LogP contribution in [0.25, 0.3) is 0 Å². The third kappa shape index (κ3) is 2.68. The summed E-state index contributed by atoms with van der Waals surface area (Å²) in [5.41, 5.74) is 6.10. The van der Waals surface area contributed by atoms with E-state index in [1.807, 2.05) is 0 Å². The van der Waals surface area contributed by atoms with Crippen LogP contribution in [0.3, 0.4) is 0 Å². The first-order valence-corrected chi connectivity index (χ1v) is 6.75. The first kappa shape index (κ1) is 12.6. The van der Waals surface area contributed by atoms with Crippen molar-refractivity contribution < 1.29 is 9.59 Å². The van der Waals surface area contributed by atoms with Crippen LogP contribution in [0.15, 0.2) is 0 Å². The van der Waals surface area contributed by atoms with E-state index in [0.29, 0.717) is 0 Å². The maximum absolute atomic E-state index is 12.4. The Labute approximate surface area is 103 Å². The molecule has 1 amide bonds. The number of carbonyl (C=O) groups excluding carboxylic acids is 2. The summed E-state index contributed by atoms with van der Waals surface area (Å²) in [7, 11) is 0. The van der Waals surface area contributed by atoms with Crippen LogP contribution in [-0.2, 0) is 9.59 Å². The molecule has 2 rings (SSSR count). The van der Waals surface area contributed by atoms with Crippen LogP contribution in [0.1, 0.15) is 44.9 Å². The quantitative estimate of drug-likeness (QED) is 0.578. The molecule has 96 valence electrons. The molecule has 3 unspecified atom stereocenters. The molecular weight excluding hydrogens is 216 g/mol. The molecule has 1 saturated heterocycles. The van der Waals surface area contributed by atoms with E-state index in [1.165, 1.54) is 6.42 Å². The number of rotatable bonds is 2. The number of amides is 1. The Morgan fingerprint density at radius 2 is 1.88 bits per heavy atom. The molecule has 2 N–H and O–H groups in total. The van der Waals surface area contributed by atoms with Gasteiger partial charge >= 0.3 is 0 Å². The first-order valence-electron chi connectivity index (χ1n) is 6.75. The van der Waals surface area contributed by atoms with Gasteiger partial charge < -0.3 is 15.4 Å². The Morgan fingerprint density at radius 1 is 1.12 bits per heavy atom. The summed E-state index contributed by atoms with van der Waals surface area (Å²) in [5, 5.41) is 0. The monoisotopic (exact) mass is 238 g/mol. The molecule has 1 heterocycles. The fourth-order valence-corrected chi connectivity index (χ4v) is 3.06. The van der Waals surface area contributed by atoms with E-state index in [1.54, 1.807) is 4.90 Å². The molecular formula is C13H22N2O2. The lowest BCUT2D eigenvalue weighted by Gasteiger charge is -2.28. The number of hydrogen-bond donors (Lipinski definition) is 1. The lowest BCUT2D eigenvalue weighted by molar-refractivity contribution is -0.139. The molecule has 0 radical (unpaired) electrons. The van der Waals surface area contributed by atoms with Gasteiger partial charge in [0, 0.05) is 12.6 Å². The Balaban J connectivity index is 2.04. The van der Waals surface area contributed by atoms with Gasteiger partial charge in [0.2, 0.25) is 5.91 Å². The standard InChI is InChI=1S/C13H22N2O2/c14-12-7-3-1-2-6-11(12)13(17)15-8-4-5-10(15)9-16/h9-12H,1-8,14H2. The summed E-state index contributed by atoms with van der Waals surface area (Å²) in [5.74, 6) is 0.0621. The lowest BCUT2D eigenvalue weighted by Crippen LogP contribution is -2.46. The topological polar surface area (TPSA) is 63.4 Å². The van der Waals surface area contributed by atoms with Crippen molar-refractivity contribution in [3.8, 4) is 0 Å². The van der Waals surface area contributed by atoms with Gasteiger partial charge in [0.1, 0.15) is 6.29 Å². The number of aldehydes is 1. The average molecular weight is 238 g/mol. The summed E-state index contributed by atoms with van der Waals surface area (Å²) in [6.07, 6.45) is 7.89. The zero-order valence-electron chi connectivity index (χ0n) is 10.3. The zero-order chi connectivity index (χ0) is 12.3. The van der Waals surface area contributed by atoms with Crippen LogP contribution in [0.4, 0.5) is 0 Å². The highest BCUT2D eigenvalue weighted by atomic mass is 16.2. The highest BCUT2D eigenvalue weighted by Gasteiger charge is 2.35. The van der Waals surface area contributed by atoms with Crippen molar-refractivity contribution in [3.63, 3.8) is 0 Å². The van der Waals surface area contributed by atoms with Crippen LogP contribution in [-0.4, -0.2) is 35.7 Å². The Morgan fingerprint density at radius 3 is 2.65 bits per heavy atom. The minimum absolute atomic E-state index is 0.0158. The van der Waals surface area contributed by atoms with Crippen molar-refractivity contribution in [2.24, 2.45) is 11.7 Å². The molecule has 0 aromatic rings. The molecule has 1 aliphatic heterocycles. The van der Waals surface area contributed by atoms with Gasteiger partial charge in [-0.1, -0.05) is 19.3 Å². The lowest BCUT2D eigenvalue weighted by atomic mass is 9.94. The Bertz CT molecular complexity index is 293. The fraction of sp³-hybridized carbons (Fsp3) is 0.846. The van der Waals surface area contributed by atoms with Crippen LogP contribution in [0.5, 0.6) is 0 Å². The van der Waals surface area contributed by atoms with Gasteiger partial charge in [0.25, 0.3) is 0 Å². The predicted octanol–water partition coefficient (Wildman–Crippen LogP) is 1.08. The fourth-order valence-electron chi connectivity index (χ4n) is 3.06. The van der Waals surface area contributed by atoms with E-state index >= 15 is 0 Å². The second kappa shape index (κ2) is 5.63. The van der Waals surface area contributed by atoms with Gasteiger partial charge in [-0.2, -0.15) is 0 Å². The third-order valence-corrected chi connectivity index (χ3v) is 4.13.